The zero-order valence-electron chi connectivity index (χ0n) is 21.3. The van der Waals surface area contributed by atoms with Gasteiger partial charge in [0.05, 0.1) is 12.8 Å². The Morgan fingerprint density at radius 2 is 1.86 bits per heavy atom. The number of fused-ring (bicyclic) bond motifs is 7. The van der Waals surface area contributed by atoms with E-state index in [2.05, 4.69) is 48.6 Å². The zero-order valence-corrected chi connectivity index (χ0v) is 22.2. The molecular formula is C29H37N3O2S. The number of rotatable bonds is 3. The Kier molecular flexibility index (Phi) is 6.39. The minimum atomic E-state index is -0.356. The topological polar surface area (TPSA) is 60.5 Å². The van der Waals surface area contributed by atoms with E-state index in [4.69, 9.17) is 10.5 Å². The molecule has 0 bridgehead atoms. The van der Waals surface area contributed by atoms with E-state index in [1.807, 2.05) is 26.2 Å². The lowest BCUT2D eigenvalue weighted by Gasteiger charge is -2.24. The molecule has 2 fully saturated rings. The van der Waals surface area contributed by atoms with E-state index in [0.717, 1.165) is 12.3 Å². The van der Waals surface area contributed by atoms with Gasteiger partial charge < -0.3 is 15.0 Å². The molecule has 6 heteroatoms. The summed E-state index contributed by atoms with van der Waals surface area (Å²) in [6.45, 7) is 3.38. The van der Waals surface area contributed by atoms with E-state index in [1.165, 1.54) is 71.8 Å². The summed E-state index contributed by atoms with van der Waals surface area (Å²) in [5, 5.41) is 1.30. The summed E-state index contributed by atoms with van der Waals surface area (Å²) in [5.41, 5.74) is 13.3. The number of methoxy groups -OCH3 is 1. The molecular weight excluding hydrogens is 454 g/mol. The average Bonchev–Trinajstić information content (AvgIpc) is 3.43. The summed E-state index contributed by atoms with van der Waals surface area (Å²) in [6, 6.07) is 12.7. The van der Waals surface area contributed by atoms with E-state index in [9.17, 15) is 4.79 Å². The molecule has 2 atom stereocenters. The van der Waals surface area contributed by atoms with Gasteiger partial charge in [-0.25, -0.2) is 0 Å². The number of hydrogen-bond acceptors (Lipinski definition) is 4. The van der Waals surface area contributed by atoms with Crippen LogP contribution in [-0.2, 0) is 6.54 Å². The van der Waals surface area contributed by atoms with Crippen LogP contribution in [0.3, 0.4) is 0 Å². The molecule has 2 aliphatic carbocycles. The lowest BCUT2D eigenvalue weighted by atomic mass is 9.81. The SMILES string of the molecule is CN(C)S.COc1ccc2c(c1)C1CC1(C)Cn1c-2c(C2CCCCC2)c2ccc(C(N)=O)cc21. The summed E-state index contributed by atoms with van der Waals surface area (Å²) >= 11 is 3.80. The fourth-order valence-electron chi connectivity index (χ4n) is 6.39. The smallest absolute Gasteiger partial charge is 0.248 e. The number of carbonyl (C=O) groups is 1. The molecule has 3 aliphatic rings. The van der Waals surface area contributed by atoms with Gasteiger partial charge in [-0.1, -0.05) is 45.1 Å². The minimum absolute atomic E-state index is 0.241. The first kappa shape index (κ1) is 24.3. The van der Waals surface area contributed by atoms with Crippen molar-refractivity contribution in [2.75, 3.05) is 21.2 Å². The maximum atomic E-state index is 12.0. The molecule has 2 unspecified atom stereocenters. The Bertz CT molecular complexity index is 1270. The van der Waals surface area contributed by atoms with Gasteiger partial charge in [-0.05, 0) is 92.1 Å². The molecule has 1 aromatic heterocycles. The van der Waals surface area contributed by atoms with Crippen LogP contribution in [0.25, 0.3) is 22.2 Å². The van der Waals surface area contributed by atoms with E-state index < -0.39 is 0 Å². The molecule has 5 nitrogen and oxygen atoms in total. The molecule has 0 radical (unpaired) electrons. The Hall–Kier alpha value is -2.44. The number of nitrogens with two attached hydrogens (primary N) is 1. The van der Waals surface area contributed by atoms with Crippen LogP contribution in [0.2, 0.25) is 0 Å². The van der Waals surface area contributed by atoms with Gasteiger partial charge in [0.15, 0.2) is 0 Å². The van der Waals surface area contributed by atoms with Crippen LogP contribution >= 0.6 is 12.8 Å². The number of hydrogen-bond donors (Lipinski definition) is 2. The van der Waals surface area contributed by atoms with Crippen molar-refractivity contribution in [1.82, 2.24) is 8.87 Å². The van der Waals surface area contributed by atoms with Crippen LogP contribution in [0.4, 0.5) is 0 Å². The molecule has 1 amide bonds. The second kappa shape index (κ2) is 9.21. The van der Waals surface area contributed by atoms with Gasteiger partial charge in [0.25, 0.3) is 0 Å². The highest BCUT2D eigenvalue weighted by atomic mass is 32.1. The number of amides is 1. The predicted octanol–water partition coefficient (Wildman–Crippen LogP) is 6.36. The molecule has 2 aromatic carbocycles. The van der Waals surface area contributed by atoms with Gasteiger partial charge in [0.1, 0.15) is 5.75 Å². The van der Waals surface area contributed by atoms with E-state index in [0.29, 0.717) is 17.4 Å². The summed E-state index contributed by atoms with van der Waals surface area (Å²) in [5.74, 6) is 1.72. The molecule has 35 heavy (non-hydrogen) atoms. The molecule has 3 aromatic rings. The summed E-state index contributed by atoms with van der Waals surface area (Å²) < 4.78 is 9.81. The normalized spacial score (nSPS) is 23.0. The number of benzene rings is 2. The molecule has 0 spiro atoms. The molecule has 0 saturated heterocycles. The Balaban J connectivity index is 0.000000591. The van der Waals surface area contributed by atoms with Gasteiger partial charge >= 0.3 is 0 Å². The number of carbonyl (C=O) groups excluding carboxylic acids is 1. The van der Waals surface area contributed by atoms with Crippen LogP contribution in [-0.4, -0.2) is 36.0 Å². The zero-order chi connectivity index (χ0) is 24.9. The number of aromatic nitrogens is 1. The number of thiol groups is 1. The van der Waals surface area contributed by atoms with Crippen molar-refractivity contribution >= 4 is 29.6 Å². The van der Waals surface area contributed by atoms with Crippen LogP contribution < -0.4 is 10.5 Å². The first-order valence-corrected chi connectivity index (χ1v) is 13.1. The standard InChI is InChI=1S/C27H30N2O2.C2H7NS/c1-27-14-22(27)21-13-18(31-2)9-11-19(21)25-24(16-6-4-3-5-7-16)20-10-8-17(26(28)30)12-23(20)29(25)15-27;1-3(2)4/h8-13,16,22H,3-7,14-15H2,1-2H3,(H2,28,30);4H,1-2H3. The average molecular weight is 492 g/mol. The summed E-state index contributed by atoms with van der Waals surface area (Å²) in [7, 11) is 5.48. The van der Waals surface area contributed by atoms with Crippen molar-refractivity contribution in [1.29, 1.82) is 0 Å². The van der Waals surface area contributed by atoms with Crippen LogP contribution in [0.1, 0.15) is 78.8 Å². The van der Waals surface area contributed by atoms with Crippen molar-refractivity contribution in [3.05, 3.63) is 53.1 Å². The molecule has 186 valence electrons. The summed E-state index contributed by atoms with van der Waals surface area (Å²) in [6.07, 6.45) is 7.62. The maximum Gasteiger partial charge on any atom is 0.248 e. The molecule has 6 rings (SSSR count). The number of ether oxygens (including phenoxy) is 1. The van der Waals surface area contributed by atoms with Crippen molar-refractivity contribution in [3.8, 4) is 17.0 Å². The highest BCUT2D eigenvalue weighted by Crippen LogP contribution is 2.65. The van der Waals surface area contributed by atoms with Crippen LogP contribution in [0, 0.1) is 5.41 Å². The van der Waals surface area contributed by atoms with Gasteiger partial charge in [0, 0.05) is 28.6 Å². The van der Waals surface area contributed by atoms with Gasteiger partial charge in [0.2, 0.25) is 5.91 Å². The first-order chi connectivity index (χ1) is 16.7. The Labute approximate surface area is 214 Å². The van der Waals surface area contributed by atoms with E-state index in [1.54, 1.807) is 11.4 Å². The highest BCUT2D eigenvalue weighted by molar-refractivity contribution is 7.77. The van der Waals surface area contributed by atoms with Gasteiger partial charge in [-0.3, -0.25) is 9.10 Å². The van der Waals surface area contributed by atoms with Crippen molar-refractivity contribution in [3.63, 3.8) is 0 Å². The Morgan fingerprint density at radius 3 is 2.51 bits per heavy atom. The lowest BCUT2D eigenvalue weighted by Crippen LogP contribution is -2.12. The molecule has 1 aliphatic heterocycles. The third-order valence-electron chi connectivity index (χ3n) is 8.16. The highest BCUT2D eigenvalue weighted by Gasteiger charge is 2.54. The third-order valence-corrected chi connectivity index (χ3v) is 8.16. The number of primary amides is 1. The second-order valence-electron chi connectivity index (χ2n) is 11.0. The second-order valence-corrected chi connectivity index (χ2v) is 11.8. The van der Waals surface area contributed by atoms with Crippen molar-refractivity contribution in [2.45, 2.75) is 63.8 Å². The van der Waals surface area contributed by atoms with Crippen molar-refractivity contribution in [2.24, 2.45) is 11.1 Å². The van der Waals surface area contributed by atoms with E-state index >= 15 is 0 Å². The third kappa shape index (κ3) is 4.36. The van der Waals surface area contributed by atoms with Crippen molar-refractivity contribution < 1.29 is 9.53 Å². The largest absolute Gasteiger partial charge is 0.497 e. The quantitative estimate of drug-likeness (QED) is 0.419. The van der Waals surface area contributed by atoms with Gasteiger partial charge in [-0.15, -0.1) is 0 Å². The minimum Gasteiger partial charge on any atom is -0.497 e. The van der Waals surface area contributed by atoms with Crippen LogP contribution in [0.15, 0.2) is 36.4 Å². The number of nitrogens with zero attached hydrogens (tertiary/aromatic N) is 2. The maximum absolute atomic E-state index is 12.0. The lowest BCUT2D eigenvalue weighted by molar-refractivity contribution is 0.100. The first-order valence-electron chi connectivity index (χ1n) is 12.7. The fraction of sp³-hybridized carbons (Fsp3) is 0.483. The molecule has 2 heterocycles. The summed E-state index contributed by atoms with van der Waals surface area (Å²) in [4.78, 5) is 12.0. The predicted molar refractivity (Wildman–Crippen MR) is 146 cm³/mol. The fourth-order valence-corrected chi connectivity index (χ4v) is 6.39. The Morgan fingerprint density at radius 1 is 1.14 bits per heavy atom. The van der Waals surface area contributed by atoms with E-state index in [-0.39, 0.29) is 11.3 Å². The molecule has 2 saturated carbocycles. The molecule has 2 N–H and O–H groups in total. The van der Waals surface area contributed by atoms with Crippen LogP contribution in [0.5, 0.6) is 5.75 Å². The van der Waals surface area contributed by atoms with Gasteiger partial charge in [-0.2, -0.15) is 0 Å². The monoisotopic (exact) mass is 491 g/mol.